The van der Waals surface area contributed by atoms with Crippen molar-refractivity contribution in [1.29, 1.82) is 0 Å². The zero-order valence-electron chi connectivity index (χ0n) is 9.53. The summed E-state index contributed by atoms with van der Waals surface area (Å²) >= 11 is 0. The van der Waals surface area contributed by atoms with Gasteiger partial charge in [-0.1, -0.05) is 19.1 Å². The molecule has 1 rings (SSSR count). The Morgan fingerprint density at radius 2 is 2.19 bits per heavy atom. The van der Waals surface area contributed by atoms with Crippen LogP contribution in [0.5, 0.6) is 5.75 Å². The van der Waals surface area contributed by atoms with Crippen LogP contribution in [-0.2, 0) is 4.79 Å². The molecule has 0 aliphatic rings. The summed E-state index contributed by atoms with van der Waals surface area (Å²) in [5.74, 6) is 0.641. The van der Waals surface area contributed by atoms with E-state index in [2.05, 4.69) is 5.32 Å². The van der Waals surface area contributed by atoms with Gasteiger partial charge in [-0.05, 0) is 18.6 Å². The summed E-state index contributed by atoms with van der Waals surface area (Å²) < 4.78 is 5.40. The average Bonchev–Trinajstić information content (AvgIpc) is 2.29. The van der Waals surface area contributed by atoms with Gasteiger partial charge in [-0.15, -0.1) is 0 Å². The van der Waals surface area contributed by atoms with Crippen molar-refractivity contribution in [2.24, 2.45) is 0 Å². The van der Waals surface area contributed by atoms with E-state index in [4.69, 9.17) is 10.5 Å². The topological polar surface area (TPSA) is 64.3 Å². The van der Waals surface area contributed by atoms with Gasteiger partial charge in [0.05, 0.1) is 18.7 Å². The van der Waals surface area contributed by atoms with Crippen LogP contribution >= 0.6 is 0 Å². The largest absolute Gasteiger partial charge is 0.491 e. The quantitative estimate of drug-likeness (QED) is 0.718. The van der Waals surface area contributed by atoms with E-state index >= 15 is 0 Å². The fourth-order valence-electron chi connectivity index (χ4n) is 1.22. The number of nitrogens with two attached hydrogens (primary N) is 1. The summed E-state index contributed by atoms with van der Waals surface area (Å²) in [6.07, 6.45) is 1.30. The first-order valence-electron chi connectivity index (χ1n) is 5.48. The number of nitrogen functional groups attached to an aromatic ring is 1. The number of ether oxygens (including phenoxy) is 1. The number of carbonyl (C=O) groups is 1. The molecule has 0 fully saturated rings. The maximum Gasteiger partial charge on any atom is 0.223 e. The Morgan fingerprint density at radius 1 is 1.44 bits per heavy atom. The number of para-hydroxylation sites is 2. The SMILES string of the molecule is CCCNC(=O)CCOc1ccccc1N. The van der Waals surface area contributed by atoms with E-state index in [1.807, 2.05) is 19.1 Å². The van der Waals surface area contributed by atoms with Crippen molar-refractivity contribution in [3.05, 3.63) is 24.3 Å². The van der Waals surface area contributed by atoms with Gasteiger partial charge in [0.1, 0.15) is 5.75 Å². The van der Waals surface area contributed by atoms with Crippen LogP contribution in [0.1, 0.15) is 19.8 Å². The second-order valence-corrected chi connectivity index (χ2v) is 3.49. The predicted molar refractivity (Wildman–Crippen MR) is 64.3 cm³/mol. The molecule has 0 radical (unpaired) electrons. The van der Waals surface area contributed by atoms with Gasteiger partial charge in [-0.3, -0.25) is 4.79 Å². The highest BCUT2D eigenvalue weighted by Crippen LogP contribution is 2.19. The Labute approximate surface area is 95.8 Å². The number of carbonyl (C=O) groups excluding carboxylic acids is 1. The molecule has 0 saturated heterocycles. The molecule has 0 aliphatic heterocycles. The van der Waals surface area contributed by atoms with Gasteiger partial charge in [0, 0.05) is 6.54 Å². The summed E-state index contributed by atoms with van der Waals surface area (Å²) in [6.45, 7) is 3.08. The molecule has 3 N–H and O–H groups in total. The van der Waals surface area contributed by atoms with Crippen molar-refractivity contribution in [1.82, 2.24) is 5.32 Å². The third-order valence-electron chi connectivity index (χ3n) is 2.08. The lowest BCUT2D eigenvalue weighted by Gasteiger charge is -2.08. The minimum absolute atomic E-state index is 0.0105. The summed E-state index contributed by atoms with van der Waals surface area (Å²) in [5.41, 5.74) is 6.29. The lowest BCUT2D eigenvalue weighted by atomic mass is 10.3. The van der Waals surface area contributed by atoms with E-state index in [0.717, 1.165) is 6.42 Å². The van der Waals surface area contributed by atoms with Crippen molar-refractivity contribution >= 4 is 11.6 Å². The van der Waals surface area contributed by atoms with E-state index < -0.39 is 0 Å². The summed E-state index contributed by atoms with van der Waals surface area (Å²) in [4.78, 5) is 11.3. The lowest BCUT2D eigenvalue weighted by molar-refractivity contribution is -0.121. The van der Waals surface area contributed by atoms with Gasteiger partial charge >= 0.3 is 0 Å². The van der Waals surface area contributed by atoms with E-state index in [1.54, 1.807) is 12.1 Å². The minimum Gasteiger partial charge on any atom is -0.491 e. The molecular formula is C12H18N2O2. The van der Waals surface area contributed by atoms with Crippen LogP contribution in [0, 0.1) is 0 Å². The molecule has 0 aliphatic carbocycles. The highest BCUT2D eigenvalue weighted by atomic mass is 16.5. The van der Waals surface area contributed by atoms with Crippen LogP contribution in [-0.4, -0.2) is 19.1 Å². The summed E-state index contributed by atoms with van der Waals surface area (Å²) in [7, 11) is 0. The van der Waals surface area contributed by atoms with Gasteiger partial charge < -0.3 is 15.8 Å². The third kappa shape index (κ3) is 4.21. The van der Waals surface area contributed by atoms with Crippen LogP contribution in [0.25, 0.3) is 0 Å². The normalized spacial score (nSPS) is 9.81. The fourth-order valence-corrected chi connectivity index (χ4v) is 1.22. The molecule has 1 aromatic carbocycles. The summed E-state index contributed by atoms with van der Waals surface area (Å²) in [5, 5.41) is 2.78. The molecule has 0 heterocycles. The Morgan fingerprint density at radius 3 is 2.88 bits per heavy atom. The molecule has 16 heavy (non-hydrogen) atoms. The maximum absolute atomic E-state index is 11.3. The van der Waals surface area contributed by atoms with Crippen molar-refractivity contribution in [2.45, 2.75) is 19.8 Å². The molecule has 1 amide bonds. The number of amides is 1. The van der Waals surface area contributed by atoms with Crippen LogP contribution in [0.2, 0.25) is 0 Å². The van der Waals surface area contributed by atoms with Crippen molar-refractivity contribution in [3.63, 3.8) is 0 Å². The zero-order chi connectivity index (χ0) is 11.8. The monoisotopic (exact) mass is 222 g/mol. The number of benzene rings is 1. The second kappa shape index (κ2) is 6.71. The standard InChI is InChI=1S/C12H18N2O2/c1-2-8-14-12(15)7-9-16-11-6-4-3-5-10(11)13/h3-6H,2,7-9,13H2,1H3,(H,14,15). The second-order valence-electron chi connectivity index (χ2n) is 3.49. The number of rotatable bonds is 6. The van der Waals surface area contributed by atoms with Crippen LogP contribution in [0.4, 0.5) is 5.69 Å². The minimum atomic E-state index is 0.0105. The number of hydrogen-bond donors (Lipinski definition) is 2. The Hall–Kier alpha value is -1.71. The highest BCUT2D eigenvalue weighted by molar-refractivity contribution is 5.75. The molecule has 88 valence electrons. The van der Waals surface area contributed by atoms with E-state index in [1.165, 1.54) is 0 Å². The van der Waals surface area contributed by atoms with Gasteiger partial charge in [0.25, 0.3) is 0 Å². The Balaban J connectivity index is 2.25. The van der Waals surface area contributed by atoms with Crippen molar-refractivity contribution < 1.29 is 9.53 Å². The van der Waals surface area contributed by atoms with Crippen molar-refractivity contribution in [2.75, 3.05) is 18.9 Å². The van der Waals surface area contributed by atoms with Crippen LogP contribution in [0.3, 0.4) is 0 Å². The van der Waals surface area contributed by atoms with Gasteiger partial charge in [0.15, 0.2) is 0 Å². The predicted octanol–water partition coefficient (Wildman–Crippen LogP) is 1.56. The van der Waals surface area contributed by atoms with Crippen molar-refractivity contribution in [3.8, 4) is 5.75 Å². The number of anilines is 1. The summed E-state index contributed by atoms with van der Waals surface area (Å²) in [6, 6.07) is 7.25. The average molecular weight is 222 g/mol. The molecule has 0 atom stereocenters. The van der Waals surface area contributed by atoms with Crippen LogP contribution < -0.4 is 15.8 Å². The number of nitrogens with one attached hydrogen (secondary N) is 1. The number of hydrogen-bond acceptors (Lipinski definition) is 3. The van der Waals surface area contributed by atoms with Gasteiger partial charge in [-0.2, -0.15) is 0 Å². The zero-order valence-corrected chi connectivity index (χ0v) is 9.53. The first-order chi connectivity index (χ1) is 7.74. The molecule has 0 aromatic heterocycles. The smallest absolute Gasteiger partial charge is 0.223 e. The molecule has 0 bridgehead atoms. The Bertz CT molecular complexity index is 340. The van der Waals surface area contributed by atoms with E-state index in [-0.39, 0.29) is 5.91 Å². The first-order valence-corrected chi connectivity index (χ1v) is 5.48. The molecule has 0 saturated carbocycles. The lowest BCUT2D eigenvalue weighted by Crippen LogP contribution is -2.25. The molecule has 4 heteroatoms. The molecule has 0 unspecified atom stereocenters. The molecule has 0 spiro atoms. The fraction of sp³-hybridized carbons (Fsp3) is 0.417. The van der Waals surface area contributed by atoms with E-state index in [9.17, 15) is 4.79 Å². The third-order valence-corrected chi connectivity index (χ3v) is 2.08. The molecular weight excluding hydrogens is 204 g/mol. The molecule has 1 aromatic rings. The van der Waals surface area contributed by atoms with Gasteiger partial charge in [0.2, 0.25) is 5.91 Å². The first kappa shape index (κ1) is 12.4. The van der Waals surface area contributed by atoms with Gasteiger partial charge in [-0.25, -0.2) is 0 Å². The molecule has 4 nitrogen and oxygen atoms in total. The Kier molecular flexibility index (Phi) is 5.19. The van der Waals surface area contributed by atoms with Crippen LogP contribution in [0.15, 0.2) is 24.3 Å². The maximum atomic E-state index is 11.3. The van der Waals surface area contributed by atoms with E-state index in [0.29, 0.717) is 31.0 Å². The highest BCUT2D eigenvalue weighted by Gasteiger charge is 2.02.